The van der Waals surface area contributed by atoms with E-state index in [1.165, 1.54) is 16.3 Å². The van der Waals surface area contributed by atoms with Gasteiger partial charge in [0.05, 0.1) is 11.1 Å². The van der Waals surface area contributed by atoms with Gasteiger partial charge in [-0.15, -0.1) is 0 Å². The van der Waals surface area contributed by atoms with Crippen molar-refractivity contribution in [1.82, 2.24) is 24.6 Å². The molecule has 2 aliphatic rings. The van der Waals surface area contributed by atoms with Crippen LogP contribution in [-0.2, 0) is 17.9 Å². The van der Waals surface area contributed by atoms with Crippen LogP contribution in [0.3, 0.4) is 0 Å². The van der Waals surface area contributed by atoms with Crippen LogP contribution in [0.15, 0.2) is 36.4 Å². The Hall–Kier alpha value is -2.87. The Bertz CT molecular complexity index is 1120. The minimum atomic E-state index is -2.59. The average molecular weight is 440 g/mol. The summed E-state index contributed by atoms with van der Waals surface area (Å²) in [5, 5.41) is 4.80. The SMILES string of the molecule is Cc1nn(CC(=O)N2CCN(Cc3ccccc3)CC2)c2nc(C3CC3)cc(C(F)F)c12. The molecule has 32 heavy (non-hydrogen) atoms. The monoisotopic (exact) mass is 439 g/mol. The van der Waals surface area contributed by atoms with Crippen LogP contribution in [0.5, 0.6) is 0 Å². The smallest absolute Gasteiger partial charge is 0.264 e. The average Bonchev–Trinajstić information content (AvgIpc) is 3.60. The number of hydrogen-bond donors (Lipinski definition) is 0. The third-order valence-corrected chi connectivity index (χ3v) is 6.42. The van der Waals surface area contributed by atoms with Crippen LogP contribution in [0.1, 0.15) is 47.7 Å². The molecule has 2 aromatic heterocycles. The topological polar surface area (TPSA) is 54.3 Å². The Morgan fingerprint density at radius 2 is 1.84 bits per heavy atom. The fourth-order valence-electron chi connectivity index (χ4n) is 4.50. The third kappa shape index (κ3) is 4.24. The van der Waals surface area contributed by atoms with Gasteiger partial charge in [-0.25, -0.2) is 18.4 Å². The Labute approximate surface area is 185 Å². The van der Waals surface area contributed by atoms with Crippen molar-refractivity contribution >= 4 is 16.9 Å². The van der Waals surface area contributed by atoms with Crippen molar-refractivity contribution in [2.75, 3.05) is 26.2 Å². The van der Waals surface area contributed by atoms with Crippen molar-refractivity contribution in [2.24, 2.45) is 0 Å². The number of nitrogens with zero attached hydrogens (tertiary/aromatic N) is 5. The zero-order chi connectivity index (χ0) is 22.2. The van der Waals surface area contributed by atoms with Crippen molar-refractivity contribution < 1.29 is 13.6 Å². The van der Waals surface area contributed by atoms with Crippen LogP contribution in [0.2, 0.25) is 0 Å². The highest BCUT2D eigenvalue weighted by Gasteiger charge is 2.30. The van der Waals surface area contributed by atoms with Gasteiger partial charge < -0.3 is 4.90 Å². The quantitative estimate of drug-likeness (QED) is 0.585. The minimum absolute atomic E-state index is 0.0207. The number of fused-ring (bicyclic) bond motifs is 1. The summed E-state index contributed by atoms with van der Waals surface area (Å²) < 4.78 is 29.0. The molecule has 3 heterocycles. The largest absolute Gasteiger partial charge is 0.339 e. The number of aromatic nitrogens is 3. The van der Waals surface area contributed by atoms with Crippen molar-refractivity contribution in [3.05, 3.63) is 58.9 Å². The highest BCUT2D eigenvalue weighted by molar-refractivity contribution is 5.85. The van der Waals surface area contributed by atoms with Gasteiger partial charge in [-0.2, -0.15) is 5.10 Å². The first kappa shape index (κ1) is 21.0. The molecule has 8 heteroatoms. The number of hydrogen-bond acceptors (Lipinski definition) is 4. The molecule has 6 nitrogen and oxygen atoms in total. The van der Waals surface area contributed by atoms with E-state index in [1.807, 2.05) is 23.1 Å². The van der Waals surface area contributed by atoms with Crippen molar-refractivity contribution in [3.8, 4) is 0 Å². The maximum atomic E-state index is 13.8. The lowest BCUT2D eigenvalue weighted by molar-refractivity contribution is -0.133. The summed E-state index contributed by atoms with van der Waals surface area (Å²) in [4.78, 5) is 21.8. The van der Waals surface area contributed by atoms with E-state index in [0.717, 1.165) is 32.5 Å². The van der Waals surface area contributed by atoms with Crippen LogP contribution in [0.4, 0.5) is 8.78 Å². The Kier molecular flexibility index (Phi) is 5.63. The molecule has 1 aliphatic heterocycles. The number of benzene rings is 1. The Balaban J connectivity index is 1.30. The first-order chi connectivity index (χ1) is 15.5. The van der Waals surface area contributed by atoms with E-state index in [-0.39, 0.29) is 23.9 Å². The lowest BCUT2D eigenvalue weighted by atomic mass is 10.1. The maximum Gasteiger partial charge on any atom is 0.264 e. The van der Waals surface area contributed by atoms with E-state index >= 15 is 0 Å². The number of aryl methyl sites for hydroxylation is 1. The minimum Gasteiger partial charge on any atom is -0.339 e. The summed E-state index contributed by atoms with van der Waals surface area (Å²) in [5.41, 5.74) is 2.82. The molecule has 0 radical (unpaired) electrons. The van der Waals surface area contributed by atoms with E-state index in [0.29, 0.717) is 35.5 Å². The summed E-state index contributed by atoms with van der Waals surface area (Å²) in [6.45, 7) is 5.50. The van der Waals surface area contributed by atoms with Gasteiger partial charge >= 0.3 is 0 Å². The van der Waals surface area contributed by atoms with Gasteiger partial charge in [-0.1, -0.05) is 30.3 Å². The second-order valence-electron chi connectivity index (χ2n) is 8.80. The third-order valence-electron chi connectivity index (χ3n) is 6.42. The standard InChI is InChI=1S/C24H27F2N5O/c1-16-22-19(23(25)26)13-20(18-7-8-18)27-24(22)31(28-16)15-21(32)30-11-9-29(10-12-30)14-17-5-3-2-4-6-17/h2-6,13,18,23H,7-12,14-15H2,1H3. The zero-order valence-corrected chi connectivity index (χ0v) is 18.2. The molecular weight excluding hydrogens is 412 g/mol. The number of alkyl halides is 2. The highest BCUT2D eigenvalue weighted by Crippen LogP contribution is 2.41. The van der Waals surface area contributed by atoms with E-state index < -0.39 is 6.43 Å². The predicted octanol–water partition coefficient (Wildman–Crippen LogP) is 3.90. The summed E-state index contributed by atoms with van der Waals surface area (Å²) in [5.74, 6) is 0.194. The molecule has 1 aromatic carbocycles. The van der Waals surface area contributed by atoms with Gasteiger partial charge in [0, 0.05) is 49.9 Å². The fraction of sp³-hybridized carbons (Fsp3) is 0.458. The number of piperazine rings is 1. The zero-order valence-electron chi connectivity index (χ0n) is 18.2. The first-order valence-corrected chi connectivity index (χ1v) is 11.2. The Morgan fingerprint density at radius 1 is 1.12 bits per heavy atom. The van der Waals surface area contributed by atoms with Gasteiger partial charge in [-0.05, 0) is 31.4 Å². The van der Waals surface area contributed by atoms with Crippen LogP contribution in [0.25, 0.3) is 11.0 Å². The van der Waals surface area contributed by atoms with E-state index in [1.54, 1.807) is 6.92 Å². The molecular formula is C24H27F2N5O. The number of rotatable bonds is 6. The van der Waals surface area contributed by atoms with Crippen molar-refractivity contribution in [2.45, 2.75) is 45.2 Å². The second-order valence-corrected chi connectivity index (χ2v) is 8.80. The molecule has 1 saturated heterocycles. The molecule has 0 spiro atoms. The number of pyridine rings is 1. The number of carbonyl (C=O) groups is 1. The molecule has 3 aromatic rings. The van der Waals surface area contributed by atoms with E-state index in [9.17, 15) is 13.6 Å². The molecule has 1 amide bonds. The van der Waals surface area contributed by atoms with Crippen LogP contribution in [-0.4, -0.2) is 56.7 Å². The predicted molar refractivity (Wildman–Crippen MR) is 117 cm³/mol. The maximum absolute atomic E-state index is 13.8. The molecule has 5 rings (SSSR count). The lowest BCUT2D eigenvalue weighted by Gasteiger charge is -2.34. The highest BCUT2D eigenvalue weighted by atomic mass is 19.3. The van der Waals surface area contributed by atoms with Crippen molar-refractivity contribution in [3.63, 3.8) is 0 Å². The first-order valence-electron chi connectivity index (χ1n) is 11.2. The van der Waals surface area contributed by atoms with Gasteiger partial charge in [0.15, 0.2) is 5.65 Å². The lowest BCUT2D eigenvalue weighted by Crippen LogP contribution is -2.49. The Morgan fingerprint density at radius 3 is 2.50 bits per heavy atom. The van der Waals surface area contributed by atoms with Crippen LogP contribution in [0, 0.1) is 6.92 Å². The molecule has 2 fully saturated rings. The molecule has 0 N–H and O–H groups in total. The van der Waals surface area contributed by atoms with Crippen molar-refractivity contribution in [1.29, 1.82) is 0 Å². The second kappa shape index (κ2) is 8.58. The summed E-state index contributed by atoms with van der Waals surface area (Å²) in [6.07, 6.45) is -0.649. The normalized spacial score (nSPS) is 17.4. The summed E-state index contributed by atoms with van der Waals surface area (Å²) in [6, 6.07) is 11.8. The summed E-state index contributed by atoms with van der Waals surface area (Å²) >= 11 is 0. The van der Waals surface area contributed by atoms with Crippen LogP contribution < -0.4 is 0 Å². The molecule has 0 bridgehead atoms. The van der Waals surface area contributed by atoms with Gasteiger partial charge in [0.25, 0.3) is 6.43 Å². The van der Waals surface area contributed by atoms with Gasteiger partial charge in [0.2, 0.25) is 5.91 Å². The van der Waals surface area contributed by atoms with Gasteiger partial charge in [0.1, 0.15) is 6.54 Å². The summed E-state index contributed by atoms with van der Waals surface area (Å²) in [7, 11) is 0. The number of amides is 1. The van der Waals surface area contributed by atoms with E-state index in [2.05, 4.69) is 27.1 Å². The van der Waals surface area contributed by atoms with Crippen LogP contribution >= 0.6 is 0 Å². The molecule has 0 unspecified atom stereocenters. The molecule has 0 atom stereocenters. The number of halogens is 2. The fourth-order valence-corrected chi connectivity index (χ4v) is 4.50. The molecule has 1 aliphatic carbocycles. The molecule has 1 saturated carbocycles. The van der Waals surface area contributed by atoms with E-state index in [4.69, 9.17) is 0 Å². The molecule has 168 valence electrons. The number of carbonyl (C=O) groups excluding carboxylic acids is 1. The van der Waals surface area contributed by atoms with Gasteiger partial charge in [-0.3, -0.25) is 9.69 Å².